The summed E-state index contributed by atoms with van der Waals surface area (Å²) in [5, 5.41) is 3.53. The van der Waals surface area contributed by atoms with Crippen molar-refractivity contribution in [1.29, 1.82) is 0 Å². The first-order valence-corrected chi connectivity index (χ1v) is 6.15. The Kier molecular flexibility index (Phi) is 4.16. The summed E-state index contributed by atoms with van der Waals surface area (Å²) >= 11 is 0. The highest BCUT2D eigenvalue weighted by Gasteiger charge is 2.29. The fourth-order valence-electron chi connectivity index (χ4n) is 1.63. The van der Waals surface area contributed by atoms with Gasteiger partial charge in [0.25, 0.3) is 5.91 Å². The number of rotatable bonds is 5. The van der Waals surface area contributed by atoms with Crippen molar-refractivity contribution >= 4 is 11.7 Å². The van der Waals surface area contributed by atoms with Crippen LogP contribution >= 0.6 is 0 Å². The number of carbonyl (C=O) groups is 1. The van der Waals surface area contributed by atoms with Gasteiger partial charge >= 0.3 is 0 Å². The maximum absolute atomic E-state index is 13.0. The first-order chi connectivity index (χ1) is 9.49. The highest BCUT2D eigenvalue weighted by molar-refractivity contribution is 5.97. The van der Waals surface area contributed by atoms with Crippen LogP contribution in [0.4, 0.5) is 8.78 Å². The number of nitrogens with two attached hydrogens (primary N) is 1. The number of nitrogens with zero attached hydrogens (tertiary/aromatic N) is 2. The monoisotopic (exact) mass is 283 g/mol. The van der Waals surface area contributed by atoms with Crippen LogP contribution in [-0.4, -0.2) is 36.3 Å². The van der Waals surface area contributed by atoms with E-state index in [1.807, 2.05) is 0 Å². The zero-order valence-corrected chi connectivity index (χ0v) is 11.0. The molecule has 0 spiro atoms. The Bertz CT molecular complexity index is 544. The van der Waals surface area contributed by atoms with E-state index >= 15 is 0 Å². The van der Waals surface area contributed by atoms with Gasteiger partial charge in [-0.05, 0) is 31.0 Å². The highest BCUT2D eigenvalue weighted by Crippen LogP contribution is 2.25. The van der Waals surface area contributed by atoms with E-state index in [-0.39, 0.29) is 23.9 Å². The summed E-state index contributed by atoms with van der Waals surface area (Å²) in [6.45, 7) is -0.239. The number of halogens is 2. The predicted octanol–water partition coefficient (Wildman–Crippen LogP) is 1.22. The zero-order chi connectivity index (χ0) is 14.7. The molecule has 1 fully saturated rings. The van der Waals surface area contributed by atoms with Gasteiger partial charge in [0.2, 0.25) is 0 Å². The first kappa shape index (κ1) is 14.2. The maximum Gasteiger partial charge on any atom is 0.263 e. The molecule has 2 N–H and O–H groups in total. The number of oxime groups is 1. The topological polar surface area (TPSA) is 67.9 Å². The molecule has 0 radical (unpaired) electrons. The average Bonchev–Trinajstić information content (AvgIpc) is 3.25. The molecule has 0 atom stereocenters. The number of amides is 1. The molecule has 2 rings (SSSR count). The van der Waals surface area contributed by atoms with Crippen LogP contribution < -0.4 is 5.73 Å². The molecule has 0 aliphatic heterocycles. The zero-order valence-electron chi connectivity index (χ0n) is 11.0. The van der Waals surface area contributed by atoms with Gasteiger partial charge in [-0.25, -0.2) is 8.78 Å². The van der Waals surface area contributed by atoms with Crippen LogP contribution in [0.25, 0.3) is 0 Å². The number of likely N-dealkylation sites (N-methyl/N-ethyl adjacent to an activating group) is 1. The average molecular weight is 283 g/mol. The Balaban J connectivity index is 1.89. The summed E-state index contributed by atoms with van der Waals surface area (Å²) in [5.41, 5.74) is 5.75. The fraction of sp³-hybridized carbons (Fsp3) is 0.385. The Morgan fingerprint density at radius 1 is 1.45 bits per heavy atom. The Labute approximate surface area is 115 Å². The minimum absolute atomic E-state index is 0.120. The van der Waals surface area contributed by atoms with Crippen molar-refractivity contribution in [2.24, 2.45) is 10.9 Å². The molecular formula is C13H15F2N3O2. The standard InChI is InChI=1S/C13H15F2N3O2/c1-18(9-3-4-9)12(19)7-20-17-13(16)8-2-5-10(14)11(15)6-8/h2,5-6,9H,3-4,7H2,1H3,(H2,16,17). The van der Waals surface area contributed by atoms with Crippen molar-refractivity contribution in [2.75, 3.05) is 13.7 Å². The number of hydrogen-bond acceptors (Lipinski definition) is 3. The van der Waals surface area contributed by atoms with Gasteiger partial charge in [-0.2, -0.15) is 0 Å². The molecule has 0 aromatic heterocycles. The highest BCUT2D eigenvalue weighted by atomic mass is 19.2. The third-order valence-corrected chi connectivity index (χ3v) is 3.05. The second kappa shape index (κ2) is 5.85. The van der Waals surface area contributed by atoms with Crippen LogP contribution in [0.15, 0.2) is 23.4 Å². The lowest BCUT2D eigenvalue weighted by atomic mass is 10.2. The number of amidine groups is 1. The summed E-state index contributed by atoms with van der Waals surface area (Å²) in [6, 6.07) is 3.42. The van der Waals surface area contributed by atoms with Gasteiger partial charge in [0, 0.05) is 18.7 Å². The maximum atomic E-state index is 13.0. The summed E-state index contributed by atoms with van der Waals surface area (Å²) in [6.07, 6.45) is 2.00. The van der Waals surface area contributed by atoms with Crippen molar-refractivity contribution in [1.82, 2.24) is 4.90 Å². The number of benzene rings is 1. The molecule has 0 saturated heterocycles. The SMILES string of the molecule is CN(C(=O)CON=C(N)c1ccc(F)c(F)c1)C1CC1. The van der Waals surface area contributed by atoms with Gasteiger partial charge in [0.05, 0.1) is 0 Å². The van der Waals surface area contributed by atoms with Gasteiger partial charge in [0.1, 0.15) is 0 Å². The number of carbonyl (C=O) groups excluding carboxylic acids is 1. The summed E-state index contributed by atoms with van der Waals surface area (Å²) in [7, 11) is 1.70. The van der Waals surface area contributed by atoms with Crippen LogP contribution in [0.1, 0.15) is 18.4 Å². The first-order valence-electron chi connectivity index (χ1n) is 6.15. The summed E-state index contributed by atoms with van der Waals surface area (Å²) in [4.78, 5) is 18.1. The fourth-order valence-corrected chi connectivity index (χ4v) is 1.63. The van der Waals surface area contributed by atoms with Crippen molar-refractivity contribution < 1.29 is 18.4 Å². The van der Waals surface area contributed by atoms with Crippen molar-refractivity contribution in [3.63, 3.8) is 0 Å². The summed E-state index contributed by atoms with van der Waals surface area (Å²) < 4.78 is 25.8. The third kappa shape index (κ3) is 3.43. The molecule has 20 heavy (non-hydrogen) atoms. The van der Waals surface area contributed by atoms with Gasteiger partial charge in [-0.1, -0.05) is 5.16 Å². The smallest absolute Gasteiger partial charge is 0.263 e. The molecule has 1 aromatic carbocycles. The van der Waals surface area contributed by atoms with Crippen molar-refractivity contribution in [3.8, 4) is 0 Å². The molecule has 5 nitrogen and oxygen atoms in total. The molecule has 0 heterocycles. The lowest BCUT2D eigenvalue weighted by molar-refractivity contribution is -0.135. The molecule has 7 heteroatoms. The number of hydrogen-bond donors (Lipinski definition) is 1. The lowest BCUT2D eigenvalue weighted by Gasteiger charge is -2.14. The van der Waals surface area contributed by atoms with Crippen LogP contribution in [0, 0.1) is 11.6 Å². The van der Waals surface area contributed by atoms with Gasteiger partial charge in [-0.3, -0.25) is 4.79 Å². The van der Waals surface area contributed by atoms with Crippen LogP contribution in [0.3, 0.4) is 0 Å². The van der Waals surface area contributed by atoms with Crippen LogP contribution in [-0.2, 0) is 9.63 Å². The molecule has 0 unspecified atom stereocenters. The van der Waals surface area contributed by atoms with E-state index in [2.05, 4.69) is 5.16 Å². The molecular weight excluding hydrogens is 268 g/mol. The predicted molar refractivity (Wildman–Crippen MR) is 68.8 cm³/mol. The Hall–Kier alpha value is -2.18. The van der Waals surface area contributed by atoms with Crippen LogP contribution in [0.5, 0.6) is 0 Å². The van der Waals surface area contributed by atoms with Gasteiger partial charge in [-0.15, -0.1) is 0 Å². The second-order valence-corrected chi connectivity index (χ2v) is 4.61. The van der Waals surface area contributed by atoms with E-state index in [4.69, 9.17) is 10.6 Å². The van der Waals surface area contributed by atoms with Crippen molar-refractivity contribution in [3.05, 3.63) is 35.4 Å². The quantitative estimate of drug-likeness (QED) is 0.502. The van der Waals surface area contributed by atoms with E-state index in [1.165, 1.54) is 6.07 Å². The minimum atomic E-state index is -1.02. The van der Waals surface area contributed by atoms with Crippen molar-refractivity contribution in [2.45, 2.75) is 18.9 Å². The molecule has 1 amide bonds. The molecule has 108 valence electrons. The van der Waals surface area contributed by atoms with E-state index < -0.39 is 11.6 Å². The summed E-state index contributed by atoms with van der Waals surface area (Å²) in [5.74, 6) is -2.31. The molecule has 1 aromatic rings. The van der Waals surface area contributed by atoms with E-state index in [9.17, 15) is 13.6 Å². The molecule has 1 saturated carbocycles. The van der Waals surface area contributed by atoms with Crippen LogP contribution in [0.2, 0.25) is 0 Å². The van der Waals surface area contributed by atoms with E-state index in [0.29, 0.717) is 6.04 Å². The third-order valence-electron chi connectivity index (χ3n) is 3.05. The van der Waals surface area contributed by atoms with Gasteiger partial charge < -0.3 is 15.5 Å². The van der Waals surface area contributed by atoms with Gasteiger partial charge in [0.15, 0.2) is 24.1 Å². The lowest BCUT2D eigenvalue weighted by Crippen LogP contribution is -2.31. The Morgan fingerprint density at radius 3 is 2.75 bits per heavy atom. The molecule has 0 bridgehead atoms. The minimum Gasteiger partial charge on any atom is -0.384 e. The molecule has 1 aliphatic carbocycles. The van der Waals surface area contributed by atoms with E-state index in [0.717, 1.165) is 25.0 Å². The second-order valence-electron chi connectivity index (χ2n) is 4.61. The molecule has 1 aliphatic rings. The normalized spacial score (nSPS) is 15.1. The largest absolute Gasteiger partial charge is 0.384 e. The van der Waals surface area contributed by atoms with E-state index in [1.54, 1.807) is 11.9 Å². The Morgan fingerprint density at radius 2 is 2.15 bits per heavy atom.